The molecule has 0 aromatic heterocycles. The number of piperidine rings is 1. The van der Waals surface area contributed by atoms with Crippen molar-refractivity contribution < 1.29 is 24.2 Å². The van der Waals surface area contributed by atoms with Gasteiger partial charge < -0.3 is 24.4 Å². The third-order valence-electron chi connectivity index (χ3n) is 7.21. The lowest BCUT2D eigenvalue weighted by atomic mass is 9.93. The number of aliphatic hydroxyl groups is 1. The zero-order valence-corrected chi connectivity index (χ0v) is 20.3. The van der Waals surface area contributed by atoms with Crippen LogP contribution in [0.3, 0.4) is 0 Å². The topological polar surface area (TPSA) is 79.3 Å². The summed E-state index contributed by atoms with van der Waals surface area (Å²) in [6.07, 6.45) is 3.55. The van der Waals surface area contributed by atoms with E-state index in [4.69, 9.17) is 9.47 Å². The van der Waals surface area contributed by atoms with Gasteiger partial charge in [0.25, 0.3) is 11.7 Å². The minimum Gasteiger partial charge on any atom is -0.507 e. The standard InChI is InChI=1S/C28H32N2O5/c1-18(2)19-6-8-20(9-7-19)25-24(26(31)21-10-11-22-23(16-21)35-17-34-22)27(32)28(33)30(25)15-14-29-12-4-3-5-13-29/h6-11,16,18,25,31H,3-5,12-15,17H2,1-2H3/b26-24+. The molecule has 2 aromatic rings. The first kappa shape index (κ1) is 23.4. The number of hydrogen-bond acceptors (Lipinski definition) is 6. The van der Waals surface area contributed by atoms with Gasteiger partial charge in [-0.1, -0.05) is 44.5 Å². The Kier molecular flexibility index (Phi) is 6.52. The highest BCUT2D eigenvalue weighted by molar-refractivity contribution is 6.46. The number of carbonyl (C=O) groups excluding carboxylic acids is 2. The SMILES string of the molecule is CC(C)c1ccc(C2/C(=C(\O)c3ccc4c(c3)OCO4)C(=O)C(=O)N2CCN2CCCCC2)cc1. The fourth-order valence-electron chi connectivity index (χ4n) is 5.15. The normalized spacial score (nSPS) is 21.8. The summed E-state index contributed by atoms with van der Waals surface area (Å²) < 4.78 is 10.8. The van der Waals surface area contributed by atoms with Gasteiger partial charge in [-0.3, -0.25) is 9.59 Å². The number of Topliss-reactive ketones (excluding diaryl/α,β-unsaturated/α-hetero) is 1. The minimum atomic E-state index is -0.656. The lowest BCUT2D eigenvalue weighted by Gasteiger charge is -2.31. The summed E-state index contributed by atoms with van der Waals surface area (Å²) in [6, 6.07) is 12.4. The van der Waals surface area contributed by atoms with Crippen LogP contribution in [0.2, 0.25) is 0 Å². The predicted octanol–water partition coefficient (Wildman–Crippen LogP) is 4.45. The number of ketones is 1. The Hall–Kier alpha value is -3.32. The third-order valence-corrected chi connectivity index (χ3v) is 7.21. The maximum Gasteiger partial charge on any atom is 0.295 e. The van der Waals surface area contributed by atoms with Crippen molar-refractivity contribution in [3.8, 4) is 11.5 Å². The van der Waals surface area contributed by atoms with Gasteiger partial charge in [0.2, 0.25) is 6.79 Å². The number of ether oxygens (including phenoxy) is 2. The molecule has 184 valence electrons. The number of fused-ring (bicyclic) bond motifs is 1. The molecule has 3 aliphatic heterocycles. The molecule has 2 aromatic carbocycles. The zero-order valence-electron chi connectivity index (χ0n) is 20.3. The van der Waals surface area contributed by atoms with E-state index < -0.39 is 17.7 Å². The quantitative estimate of drug-likeness (QED) is 0.377. The molecule has 7 heteroatoms. The molecule has 1 unspecified atom stereocenters. The van der Waals surface area contributed by atoms with Crippen LogP contribution in [0, 0.1) is 0 Å². The summed E-state index contributed by atoms with van der Waals surface area (Å²) in [7, 11) is 0. The van der Waals surface area contributed by atoms with Crippen molar-refractivity contribution in [2.75, 3.05) is 33.0 Å². The number of aliphatic hydroxyl groups excluding tert-OH is 1. The molecular weight excluding hydrogens is 444 g/mol. The second-order valence-corrected chi connectivity index (χ2v) is 9.78. The molecule has 1 amide bonds. The van der Waals surface area contributed by atoms with Gasteiger partial charge in [-0.2, -0.15) is 0 Å². The predicted molar refractivity (Wildman–Crippen MR) is 132 cm³/mol. The van der Waals surface area contributed by atoms with Crippen molar-refractivity contribution in [2.24, 2.45) is 0 Å². The average Bonchev–Trinajstić information content (AvgIpc) is 3.45. The highest BCUT2D eigenvalue weighted by Crippen LogP contribution is 2.41. The summed E-state index contributed by atoms with van der Waals surface area (Å²) >= 11 is 0. The molecule has 35 heavy (non-hydrogen) atoms. The van der Waals surface area contributed by atoms with Crippen molar-refractivity contribution in [1.82, 2.24) is 9.80 Å². The maximum atomic E-state index is 13.3. The molecule has 0 aliphatic carbocycles. The molecule has 7 nitrogen and oxygen atoms in total. The van der Waals surface area contributed by atoms with Crippen LogP contribution in [0.4, 0.5) is 0 Å². The van der Waals surface area contributed by atoms with Gasteiger partial charge in [0.1, 0.15) is 5.76 Å². The van der Waals surface area contributed by atoms with E-state index in [2.05, 4.69) is 18.7 Å². The molecule has 0 bridgehead atoms. The number of benzene rings is 2. The summed E-state index contributed by atoms with van der Waals surface area (Å²) in [4.78, 5) is 30.5. The van der Waals surface area contributed by atoms with E-state index in [1.165, 1.54) is 12.0 Å². The molecule has 2 fully saturated rings. The van der Waals surface area contributed by atoms with Crippen LogP contribution in [-0.2, 0) is 9.59 Å². The van der Waals surface area contributed by atoms with Gasteiger partial charge in [0.05, 0.1) is 11.6 Å². The van der Waals surface area contributed by atoms with Crippen molar-refractivity contribution in [3.05, 3.63) is 64.7 Å². The first-order valence-electron chi connectivity index (χ1n) is 12.4. The van der Waals surface area contributed by atoms with Gasteiger partial charge >= 0.3 is 0 Å². The Labute approximate surface area is 205 Å². The monoisotopic (exact) mass is 476 g/mol. The molecule has 1 N–H and O–H groups in total. The molecule has 0 spiro atoms. The second kappa shape index (κ2) is 9.74. The van der Waals surface area contributed by atoms with E-state index in [0.29, 0.717) is 36.1 Å². The molecule has 2 saturated heterocycles. The van der Waals surface area contributed by atoms with Crippen LogP contribution in [0.25, 0.3) is 5.76 Å². The van der Waals surface area contributed by atoms with Crippen LogP contribution in [0.15, 0.2) is 48.0 Å². The summed E-state index contributed by atoms with van der Waals surface area (Å²) in [6.45, 7) is 7.52. The highest BCUT2D eigenvalue weighted by Gasteiger charge is 2.46. The Morgan fingerprint density at radius 1 is 0.971 bits per heavy atom. The number of rotatable bonds is 6. The second-order valence-electron chi connectivity index (χ2n) is 9.78. The molecule has 1 atom stereocenters. The van der Waals surface area contributed by atoms with E-state index >= 15 is 0 Å². The Morgan fingerprint density at radius 2 is 1.69 bits per heavy atom. The van der Waals surface area contributed by atoms with Gasteiger partial charge in [-0.05, 0) is 61.2 Å². The Morgan fingerprint density at radius 3 is 2.40 bits per heavy atom. The lowest BCUT2D eigenvalue weighted by Crippen LogP contribution is -2.40. The fraction of sp³-hybridized carbons (Fsp3) is 0.429. The van der Waals surface area contributed by atoms with Crippen molar-refractivity contribution >= 4 is 17.4 Å². The Balaban J connectivity index is 1.53. The number of nitrogens with zero attached hydrogens (tertiary/aromatic N) is 2. The van der Waals surface area contributed by atoms with Crippen LogP contribution < -0.4 is 9.47 Å². The lowest BCUT2D eigenvalue weighted by molar-refractivity contribution is -0.140. The molecule has 3 heterocycles. The van der Waals surface area contributed by atoms with E-state index in [1.54, 1.807) is 23.1 Å². The number of likely N-dealkylation sites (tertiary alicyclic amines) is 2. The smallest absolute Gasteiger partial charge is 0.295 e. The third kappa shape index (κ3) is 4.52. The number of amides is 1. The Bertz CT molecular complexity index is 1150. The highest BCUT2D eigenvalue weighted by atomic mass is 16.7. The maximum absolute atomic E-state index is 13.3. The minimum absolute atomic E-state index is 0.114. The van der Waals surface area contributed by atoms with Crippen LogP contribution in [0.5, 0.6) is 11.5 Å². The summed E-state index contributed by atoms with van der Waals surface area (Å²) in [5, 5.41) is 11.3. The molecule has 0 radical (unpaired) electrons. The molecule has 3 aliphatic rings. The van der Waals surface area contributed by atoms with Gasteiger partial charge in [0.15, 0.2) is 11.5 Å². The molecule has 5 rings (SSSR count). The van der Waals surface area contributed by atoms with Crippen LogP contribution in [0.1, 0.15) is 61.8 Å². The summed E-state index contributed by atoms with van der Waals surface area (Å²) in [5.74, 6) is 0.0396. The fourth-order valence-corrected chi connectivity index (χ4v) is 5.15. The first-order valence-corrected chi connectivity index (χ1v) is 12.4. The van der Waals surface area contributed by atoms with Crippen molar-refractivity contribution in [3.63, 3.8) is 0 Å². The molecular formula is C28H32N2O5. The van der Waals surface area contributed by atoms with E-state index in [9.17, 15) is 14.7 Å². The number of hydrogen-bond donors (Lipinski definition) is 1. The van der Waals surface area contributed by atoms with Gasteiger partial charge in [0, 0.05) is 18.7 Å². The summed E-state index contributed by atoms with van der Waals surface area (Å²) in [5.41, 5.74) is 2.53. The van der Waals surface area contributed by atoms with E-state index in [1.807, 2.05) is 24.3 Å². The number of carbonyl (C=O) groups is 2. The van der Waals surface area contributed by atoms with Crippen LogP contribution in [-0.4, -0.2) is 59.6 Å². The van der Waals surface area contributed by atoms with Crippen LogP contribution >= 0.6 is 0 Å². The largest absolute Gasteiger partial charge is 0.507 e. The first-order chi connectivity index (χ1) is 16.9. The van der Waals surface area contributed by atoms with Gasteiger partial charge in [-0.25, -0.2) is 0 Å². The van der Waals surface area contributed by atoms with Crippen molar-refractivity contribution in [2.45, 2.75) is 45.1 Å². The van der Waals surface area contributed by atoms with Crippen molar-refractivity contribution in [1.29, 1.82) is 0 Å². The molecule has 0 saturated carbocycles. The zero-order chi connectivity index (χ0) is 24.5. The van der Waals surface area contributed by atoms with E-state index in [0.717, 1.165) is 31.5 Å². The average molecular weight is 477 g/mol. The van der Waals surface area contributed by atoms with E-state index in [-0.39, 0.29) is 18.1 Å². The van der Waals surface area contributed by atoms with Gasteiger partial charge in [-0.15, -0.1) is 0 Å².